The normalized spacial score (nSPS) is 14.6. The molecule has 1 saturated heterocycles. The molecule has 1 aliphatic heterocycles. The molecule has 0 radical (unpaired) electrons. The van der Waals surface area contributed by atoms with E-state index in [4.69, 9.17) is 0 Å². The summed E-state index contributed by atoms with van der Waals surface area (Å²) in [6, 6.07) is 12.0. The van der Waals surface area contributed by atoms with Crippen LogP contribution < -0.4 is 15.5 Å². The van der Waals surface area contributed by atoms with Crippen LogP contribution in [-0.4, -0.2) is 24.1 Å². The first kappa shape index (κ1) is 18.2. The monoisotopic (exact) mass is 352 g/mol. The number of aryl methyl sites for hydroxylation is 1. The van der Waals surface area contributed by atoms with Gasteiger partial charge in [-0.25, -0.2) is 9.78 Å². The van der Waals surface area contributed by atoms with Crippen molar-refractivity contribution in [2.24, 2.45) is 0 Å². The lowest BCUT2D eigenvalue weighted by Crippen LogP contribution is -2.34. The molecule has 1 aromatic carbocycles. The lowest BCUT2D eigenvalue weighted by Gasteiger charge is -2.21. The number of hydrogen-bond acceptors (Lipinski definition) is 3. The maximum Gasteiger partial charge on any atom is 0.315 e. The van der Waals surface area contributed by atoms with Crippen LogP contribution in [0.15, 0.2) is 42.6 Å². The van der Waals surface area contributed by atoms with Crippen molar-refractivity contribution in [2.75, 3.05) is 18.0 Å². The van der Waals surface area contributed by atoms with E-state index in [1.807, 2.05) is 37.4 Å². The fraction of sp³-hybridized carbons (Fsp3) is 0.429. The molecule has 1 aromatic heterocycles. The van der Waals surface area contributed by atoms with Crippen LogP contribution in [0, 0.1) is 6.92 Å². The third-order valence-electron chi connectivity index (χ3n) is 4.89. The Bertz CT molecular complexity index is 706. The highest BCUT2D eigenvalue weighted by Crippen LogP contribution is 2.17. The molecule has 0 spiro atoms. The highest BCUT2D eigenvalue weighted by atomic mass is 16.2. The van der Waals surface area contributed by atoms with Crippen LogP contribution in [-0.2, 0) is 13.1 Å². The summed E-state index contributed by atoms with van der Waals surface area (Å²) in [5, 5.41) is 5.80. The highest BCUT2D eigenvalue weighted by molar-refractivity contribution is 5.73. The van der Waals surface area contributed by atoms with Crippen LogP contribution in [0.5, 0.6) is 0 Å². The van der Waals surface area contributed by atoms with Crippen LogP contribution in [0.1, 0.15) is 42.4 Å². The molecule has 0 aliphatic carbocycles. The number of nitrogens with zero attached hydrogens (tertiary/aromatic N) is 2. The second-order valence-electron chi connectivity index (χ2n) is 6.89. The van der Waals surface area contributed by atoms with Gasteiger partial charge in [-0.05, 0) is 42.5 Å². The summed E-state index contributed by atoms with van der Waals surface area (Å²) in [5.74, 6) is 1.04. The van der Waals surface area contributed by atoms with Crippen molar-refractivity contribution in [1.29, 1.82) is 0 Å². The third-order valence-corrected chi connectivity index (χ3v) is 4.89. The molecule has 1 aliphatic rings. The van der Waals surface area contributed by atoms with Gasteiger partial charge in [0.05, 0.1) is 0 Å². The Morgan fingerprint density at radius 3 is 2.42 bits per heavy atom. The summed E-state index contributed by atoms with van der Waals surface area (Å²) in [7, 11) is 0. The van der Waals surface area contributed by atoms with E-state index in [0.29, 0.717) is 13.1 Å². The molecule has 2 amide bonds. The summed E-state index contributed by atoms with van der Waals surface area (Å²) in [6.45, 7) is 5.24. The topological polar surface area (TPSA) is 57.3 Å². The van der Waals surface area contributed by atoms with E-state index in [1.165, 1.54) is 31.2 Å². The van der Waals surface area contributed by atoms with Crippen LogP contribution in [0.25, 0.3) is 0 Å². The minimum atomic E-state index is -0.162. The lowest BCUT2D eigenvalue weighted by molar-refractivity contribution is 0.240. The van der Waals surface area contributed by atoms with E-state index in [9.17, 15) is 4.79 Å². The molecule has 138 valence electrons. The first-order chi connectivity index (χ1) is 12.7. The molecule has 5 nitrogen and oxygen atoms in total. The van der Waals surface area contributed by atoms with Crippen molar-refractivity contribution < 1.29 is 4.79 Å². The van der Waals surface area contributed by atoms with Gasteiger partial charge in [0.1, 0.15) is 5.82 Å². The van der Waals surface area contributed by atoms with Crippen molar-refractivity contribution in [3.8, 4) is 0 Å². The molecule has 26 heavy (non-hydrogen) atoms. The zero-order valence-electron chi connectivity index (χ0n) is 15.5. The number of carbonyl (C=O) groups excluding carboxylic acids is 1. The largest absolute Gasteiger partial charge is 0.357 e. The van der Waals surface area contributed by atoms with Crippen LogP contribution >= 0.6 is 0 Å². The molecule has 0 atom stereocenters. The minimum Gasteiger partial charge on any atom is -0.357 e. The zero-order valence-corrected chi connectivity index (χ0v) is 15.5. The van der Waals surface area contributed by atoms with Gasteiger partial charge in [-0.2, -0.15) is 0 Å². The Morgan fingerprint density at radius 2 is 1.73 bits per heavy atom. The number of hydrogen-bond donors (Lipinski definition) is 2. The molecular formula is C21H28N4O. The van der Waals surface area contributed by atoms with E-state index >= 15 is 0 Å². The van der Waals surface area contributed by atoms with Crippen molar-refractivity contribution >= 4 is 11.8 Å². The molecule has 3 rings (SSSR count). The Kier molecular flexibility index (Phi) is 6.47. The Hall–Kier alpha value is -2.56. The summed E-state index contributed by atoms with van der Waals surface area (Å²) in [5.41, 5.74) is 3.32. The van der Waals surface area contributed by atoms with Gasteiger partial charge in [-0.1, -0.05) is 43.2 Å². The predicted molar refractivity (Wildman–Crippen MR) is 105 cm³/mol. The molecule has 2 N–H and O–H groups in total. The maximum absolute atomic E-state index is 12.0. The molecule has 1 fully saturated rings. The van der Waals surface area contributed by atoms with Gasteiger partial charge in [-0.15, -0.1) is 0 Å². The van der Waals surface area contributed by atoms with Crippen LogP contribution in [0.2, 0.25) is 0 Å². The van der Waals surface area contributed by atoms with Gasteiger partial charge in [0, 0.05) is 32.4 Å². The predicted octanol–water partition coefficient (Wildman–Crippen LogP) is 3.77. The standard InChI is InChI=1S/C21H28N4O/c1-17-8-4-5-9-19(17)16-24-21(26)23-15-18-10-11-20(22-14-18)25-12-6-2-3-7-13-25/h4-5,8-11,14H,2-3,6-7,12-13,15-16H2,1H3,(H2,23,24,26). The van der Waals surface area contributed by atoms with Crippen molar-refractivity contribution in [1.82, 2.24) is 15.6 Å². The Labute approximate surface area is 155 Å². The molecule has 0 bridgehead atoms. The van der Waals surface area contributed by atoms with E-state index < -0.39 is 0 Å². The average Bonchev–Trinajstić information content (AvgIpc) is 2.96. The number of nitrogens with one attached hydrogen (secondary N) is 2. The van der Waals surface area contributed by atoms with Crippen LogP contribution in [0.3, 0.4) is 0 Å². The number of carbonyl (C=O) groups is 1. The number of rotatable bonds is 5. The number of amides is 2. The number of urea groups is 1. The minimum absolute atomic E-state index is 0.162. The van der Waals surface area contributed by atoms with Crippen molar-refractivity contribution in [2.45, 2.75) is 45.7 Å². The smallest absolute Gasteiger partial charge is 0.315 e. The SMILES string of the molecule is Cc1ccccc1CNC(=O)NCc1ccc(N2CCCCCC2)nc1. The Balaban J connectivity index is 1.45. The second-order valence-corrected chi connectivity index (χ2v) is 6.89. The van der Waals surface area contributed by atoms with E-state index in [1.54, 1.807) is 0 Å². The van der Waals surface area contributed by atoms with Gasteiger partial charge < -0.3 is 15.5 Å². The summed E-state index contributed by atoms with van der Waals surface area (Å²) in [6.07, 6.45) is 6.98. The number of anilines is 1. The zero-order chi connectivity index (χ0) is 18.2. The van der Waals surface area contributed by atoms with Crippen molar-refractivity contribution in [3.63, 3.8) is 0 Å². The van der Waals surface area contributed by atoms with E-state index in [2.05, 4.69) is 32.7 Å². The van der Waals surface area contributed by atoms with Gasteiger partial charge in [0.25, 0.3) is 0 Å². The van der Waals surface area contributed by atoms with Gasteiger partial charge in [-0.3, -0.25) is 0 Å². The first-order valence-corrected chi connectivity index (χ1v) is 9.48. The summed E-state index contributed by atoms with van der Waals surface area (Å²) < 4.78 is 0. The van der Waals surface area contributed by atoms with Gasteiger partial charge in [0.2, 0.25) is 0 Å². The van der Waals surface area contributed by atoms with Crippen molar-refractivity contribution in [3.05, 3.63) is 59.3 Å². The number of benzene rings is 1. The summed E-state index contributed by atoms with van der Waals surface area (Å²) in [4.78, 5) is 18.9. The molecule has 0 unspecified atom stereocenters. The third kappa shape index (κ3) is 5.22. The highest BCUT2D eigenvalue weighted by Gasteiger charge is 2.11. The molecule has 0 saturated carbocycles. The second kappa shape index (κ2) is 9.22. The van der Waals surface area contributed by atoms with Crippen LogP contribution in [0.4, 0.5) is 10.6 Å². The molecular weight excluding hydrogens is 324 g/mol. The fourth-order valence-corrected chi connectivity index (χ4v) is 3.24. The number of aromatic nitrogens is 1. The molecule has 2 heterocycles. The molecule has 2 aromatic rings. The first-order valence-electron chi connectivity index (χ1n) is 9.48. The average molecular weight is 352 g/mol. The number of pyridine rings is 1. The van der Waals surface area contributed by atoms with E-state index in [-0.39, 0.29) is 6.03 Å². The Morgan fingerprint density at radius 1 is 1.00 bits per heavy atom. The fourth-order valence-electron chi connectivity index (χ4n) is 3.24. The maximum atomic E-state index is 12.0. The van der Waals surface area contributed by atoms with Gasteiger partial charge >= 0.3 is 6.03 Å². The van der Waals surface area contributed by atoms with E-state index in [0.717, 1.165) is 30.0 Å². The quantitative estimate of drug-likeness (QED) is 0.861. The lowest BCUT2D eigenvalue weighted by atomic mass is 10.1. The molecule has 5 heteroatoms. The summed E-state index contributed by atoms with van der Waals surface area (Å²) >= 11 is 0. The van der Waals surface area contributed by atoms with Gasteiger partial charge in [0.15, 0.2) is 0 Å².